The second-order valence-electron chi connectivity index (χ2n) is 7.32. The molecule has 1 saturated heterocycles. The number of hydrogen-bond donors (Lipinski definition) is 1. The summed E-state index contributed by atoms with van der Waals surface area (Å²) in [5, 5.41) is 0. The smallest absolute Gasteiger partial charge is 0.234 e. The molecular weight excluding hydrogens is 350 g/mol. The molecule has 0 aromatic heterocycles. The molecule has 2 amide bonds. The van der Waals surface area contributed by atoms with Crippen LogP contribution >= 0.6 is 0 Å². The summed E-state index contributed by atoms with van der Waals surface area (Å²) in [6.07, 6.45) is 2.72. The van der Waals surface area contributed by atoms with Crippen molar-refractivity contribution in [2.45, 2.75) is 44.7 Å². The Balaban J connectivity index is 1.73. The zero-order valence-corrected chi connectivity index (χ0v) is 16.5. The number of piperidine rings is 1. The summed E-state index contributed by atoms with van der Waals surface area (Å²) in [6.45, 7) is 3.42. The fraction of sp³-hybridized carbons (Fsp3) is 0.391. The van der Waals surface area contributed by atoms with Crippen LogP contribution < -0.4 is 10.6 Å². The van der Waals surface area contributed by atoms with Crippen molar-refractivity contribution in [3.05, 3.63) is 66.2 Å². The van der Waals surface area contributed by atoms with E-state index in [2.05, 4.69) is 17.0 Å². The molecule has 1 heterocycles. The van der Waals surface area contributed by atoms with Gasteiger partial charge in [-0.05, 0) is 37.0 Å². The van der Waals surface area contributed by atoms with Crippen LogP contribution in [0.25, 0.3) is 0 Å². The highest BCUT2D eigenvalue weighted by Crippen LogP contribution is 2.27. The van der Waals surface area contributed by atoms with E-state index in [1.54, 1.807) is 0 Å². The number of carbonyl (C=O) groups excluding carboxylic acids is 2. The number of likely N-dealkylation sites (tertiary alicyclic amines) is 1. The van der Waals surface area contributed by atoms with Crippen LogP contribution in [0, 0.1) is 0 Å². The maximum atomic E-state index is 12.7. The van der Waals surface area contributed by atoms with Gasteiger partial charge in [0.05, 0.1) is 6.04 Å². The topological polar surface area (TPSA) is 66.6 Å². The van der Waals surface area contributed by atoms with E-state index in [1.807, 2.05) is 60.4 Å². The second-order valence-corrected chi connectivity index (χ2v) is 7.32. The van der Waals surface area contributed by atoms with Gasteiger partial charge in [-0.15, -0.1) is 0 Å². The lowest BCUT2D eigenvalue weighted by Crippen LogP contribution is -2.56. The van der Waals surface area contributed by atoms with Gasteiger partial charge in [-0.2, -0.15) is 0 Å². The molecule has 2 N–H and O–H groups in total. The second kappa shape index (κ2) is 9.51. The first-order chi connectivity index (χ1) is 13.6. The number of rotatable bonds is 7. The summed E-state index contributed by atoms with van der Waals surface area (Å²) in [5.74, 6) is -0.230. The monoisotopic (exact) mass is 379 g/mol. The molecule has 2 aromatic rings. The van der Waals surface area contributed by atoms with Gasteiger partial charge in [-0.1, -0.05) is 55.5 Å². The van der Waals surface area contributed by atoms with Gasteiger partial charge in [0, 0.05) is 31.2 Å². The van der Waals surface area contributed by atoms with E-state index in [1.165, 1.54) is 5.56 Å². The predicted molar refractivity (Wildman–Crippen MR) is 112 cm³/mol. The van der Waals surface area contributed by atoms with Crippen molar-refractivity contribution in [1.82, 2.24) is 4.90 Å². The van der Waals surface area contributed by atoms with Crippen LogP contribution in [0.2, 0.25) is 0 Å². The van der Waals surface area contributed by atoms with Crippen molar-refractivity contribution >= 4 is 17.5 Å². The molecule has 2 aromatic carbocycles. The lowest BCUT2D eigenvalue weighted by atomic mass is 9.93. The molecule has 2 atom stereocenters. The van der Waals surface area contributed by atoms with Gasteiger partial charge in [0.2, 0.25) is 11.8 Å². The maximum absolute atomic E-state index is 12.7. The SMILES string of the molecule is CCC(=O)N(c1ccccc1)[C@@H]1CCN(CCc2ccccc2)[C@H](C(N)=O)C1. The molecule has 5 nitrogen and oxygen atoms in total. The lowest BCUT2D eigenvalue weighted by Gasteiger charge is -2.42. The Morgan fingerprint density at radius 1 is 1.07 bits per heavy atom. The van der Waals surface area contributed by atoms with Gasteiger partial charge < -0.3 is 10.6 Å². The third kappa shape index (κ3) is 4.78. The van der Waals surface area contributed by atoms with Gasteiger partial charge >= 0.3 is 0 Å². The molecule has 1 aliphatic rings. The largest absolute Gasteiger partial charge is 0.368 e. The Labute approximate surface area is 167 Å². The summed E-state index contributed by atoms with van der Waals surface area (Å²) in [7, 11) is 0. The van der Waals surface area contributed by atoms with E-state index in [-0.39, 0.29) is 23.9 Å². The maximum Gasteiger partial charge on any atom is 0.234 e. The van der Waals surface area contributed by atoms with E-state index < -0.39 is 0 Å². The lowest BCUT2D eigenvalue weighted by molar-refractivity contribution is -0.125. The highest BCUT2D eigenvalue weighted by Gasteiger charge is 2.36. The molecule has 148 valence electrons. The average Bonchev–Trinajstić information content (AvgIpc) is 2.74. The molecule has 0 bridgehead atoms. The van der Waals surface area contributed by atoms with E-state index in [0.29, 0.717) is 12.8 Å². The van der Waals surface area contributed by atoms with Crippen molar-refractivity contribution in [2.75, 3.05) is 18.0 Å². The molecule has 3 rings (SSSR count). The van der Waals surface area contributed by atoms with Crippen LogP contribution in [-0.2, 0) is 16.0 Å². The van der Waals surface area contributed by atoms with Gasteiger partial charge in [0.1, 0.15) is 0 Å². The third-order valence-electron chi connectivity index (χ3n) is 5.52. The number of hydrogen-bond acceptors (Lipinski definition) is 3. The van der Waals surface area contributed by atoms with Crippen LogP contribution in [0.1, 0.15) is 31.7 Å². The van der Waals surface area contributed by atoms with Crippen LogP contribution in [0.3, 0.4) is 0 Å². The summed E-state index contributed by atoms with van der Waals surface area (Å²) in [5.41, 5.74) is 7.89. The fourth-order valence-corrected chi connectivity index (χ4v) is 4.03. The predicted octanol–water partition coefficient (Wildman–Crippen LogP) is 2.99. The first-order valence-corrected chi connectivity index (χ1v) is 10.0. The number of anilines is 1. The number of amides is 2. The molecule has 0 unspecified atom stereocenters. The summed E-state index contributed by atoms with van der Waals surface area (Å²) in [4.78, 5) is 28.9. The zero-order chi connectivity index (χ0) is 19.9. The van der Waals surface area contributed by atoms with E-state index >= 15 is 0 Å². The van der Waals surface area contributed by atoms with Crippen LogP contribution in [0.4, 0.5) is 5.69 Å². The minimum absolute atomic E-state index is 0.0136. The van der Waals surface area contributed by atoms with E-state index in [9.17, 15) is 9.59 Å². The van der Waals surface area contributed by atoms with Gasteiger partial charge in [0.15, 0.2) is 0 Å². The van der Waals surface area contributed by atoms with Gasteiger partial charge in [-0.25, -0.2) is 0 Å². The molecular formula is C23H29N3O2. The highest BCUT2D eigenvalue weighted by molar-refractivity contribution is 5.94. The number of para-hydroxylation sites is 1. The Kier molecular flexibility index (Phi) is 6.82. The van der Waals surface area contributed by atoms with Gasteiger partial charge in [0.25, 0.3) is 0 Å². The number of benzene rings is 2. The van der Waals surface area contributed by atoms with Crippen molar-refractivity contribution in [3.8, 4) is 0 Å². The van der Waals surface area contributed by atoms with Crippen LogP contribution in [-0.4, -0.2) is 41.9 Å². The molecule has 28 heavy (non-hydrogen) atoms. The third-order valence-corrected chi connectivity index (χ3v) is 5.52. The van der Waals surface area contributed by atoms with Crippen molar-refractivity contribution in [2.24, 2.45) is 5.73 Å². The summed E-state index contributed by atoms with van der Waals surface area (Å²) in [6, 6.07) is 19.6. The standard InChI is InChI=1S/C23H29N3O2/c1-2-22(27)26(19-11-7-4-8-12-19)20-14-16-25(21(17-20)23(24)28)15-13-18-9-5-3-6-10-18/h3-12,20-21H,2,13-17H2,1H3,(H2,24,28)/t20-,21+/m1/s1. The van der Waals surface area contributed by atoms with Crippen molar-refractivity contribution < 1.29 is 9.59 Å². The Bertz CT molecular complexity index is 779. The quantitative estimate of drug-likeness (QED) is 0.804. The first kappa shape index (κ1) is 20.1. The summed E-state index contributed by atoms with van der Waals surface area (Å²) >= 11 is 0. The summed E-state index contributed by atoms with van der Waals surface area (Å²) < 4.78 is 0. The molecule has 1 aliphatic heterocycles. The van der Waals surface area contributed by atoms with E-state index in [4.69, 9.17) is 5.73 Å². The minimum atomic E-state index is -0.349. The van der Waals surface area contributed by atoms with Crippen LogP contribution in [0.15, 0.2) is 60.7 Å². The Morgan fingerprint density at radius 3 is 2.32 bits per heavy atom. The minimum Gasteiger partial charge on any atom is -0.368 e. The first-order valence-electron chi connectivity index (χ1n) is 10.0. The van der Waals surface area contributed by atoms with E-state index in [0.717, 1.165) is 31.6 Å². The molecule has 0 radical (unpaired) electrons. The highest BCUT2D eigenvalue weighted by atomic mass is 16.2. The Morgan fingerprint density at radius 2 is 1.71 bits per heavy atom. The Hall–Kier alpha value is -2.66. The molecule has 5 heteroatoms. The molecule has 1 fully saturated rings. The molecule has 0 spiro atoms. The molecule has 0 saturated carbocycles. The fourth-order valence-electron chi connectivity index (χ4n) is 4.03. The normalized spacial score (nSPS) is 19.9. The molecule has 0 aliphatic carbocycles. The average molecular weight is 380 g/mol. The van der Waals surface area contributed by atoms with Crippen molar-refractivity contribution in [3.63, 3.8) is 0 Å². The van der Waals surface area contributed by atoms with Gasteiger partial charge in [-0.3, -0.25) is 14.5 Å². The number of nitrogens with two attached hydrogens (primary N) is 1. The van der Waals surface area contributed by atoms with Crippen molar-refractivity contribution in [1.29, 1.82) is 0 Å². The number of carbonyl (C=O) groups is 2. The number of primary amides is 1. The number of nitrogens with zero attached hydrogens (tertiary/aromatic N) is 2. The van der Waals surface area contributed by atoms with Crippen LogP contribution in [0.5, 0.6) is 0 Å². The zero-order valence-electron chi connectivity index (χ0n) is 16.5.